The maximum Gasteiger partial charge on any atom is 0.326 e. The number of thioether (sulfide) groups is 1. The van der Waals surface area contributed by atoms with Crippen LogP contribution in [0.5, 0.6) is 0 Å². The number of rotatable bonds is 5. The van der Waals surface area contributed by atoms with E-state index in [-0.39, 0.29) is 18.2 Å². The Morgan fingerprint density at radius 3 is 3.06 bits per heavy atom. The Hall–Kier alpha value is -1.50. The van der Waals surface area contributed by atoms with Gasteiger partial charge in [-0.2, -0.15) is 11.8 Å². The molecule has 1 aromatic rings. The molecule has 1 aromatic heterocycles. The van der Waals surface area contributed by atoms with Gasteiger partial charge in [0.2, 0.25) is 5.91 Å². The minimum atomic E-state index is -1.02. The van der Waals surface area contributed by atoms with Crippen LogP contribution in [0.25, 0.3) is 0 Å². The summed E-state index contributed by atoms with van der Waals surface area (Å²) in [7, 11) is 0. The first-order valence-corrected chi connectivity index (χ1v) is 6.90. The number of carbonyl (C=O) groups is 2. The molecular weight excluding hydrogens is 254 g/mol. The van der Waals surface area contributed by atoms with Gasteiger partial charge in [-0.3, -0.25) is 4.79 Å². The molecule has 2 heterocycles. The van der Waals surface area contributed by atoms with Crippen molar-refractivity contribution in [3.05, 3.63) is 18.2 Å². The Labute approximate surface area is 109 Å². The van der Waals surface area contributed by atoms with Crippen LogP contribution in [0.2, 0.25) is 0 Å². The van der Waals surface area contributed by atoms with Crippen molar-refractivity contribution in [3.8, 4) is 0 Å². The van der Waals surface area contributed by atoms with Gasteiger partial charge in [-0.05, 0) is 12.2 Å². The van der Waals surface area contributed by atoms with Crippen molar-refractivity contribution in [2.75, 3.05) is 11.5 Å². The molecule has 18 heavy (non-hydrogen) atoms. The number of hydrogen-bond donors (Lipinski definition) is 3. The third-order valence-corrected chi connectivity index (χ3v) is 4.06. The van der Waals surface area contributed by atoms with Crippen molar-refractivity contribution in [2.45, 2.75) is 18.9 Å². The minimum absolute atomic E-state index is 0.0568. The van der Waals surface area contributed by atoms with E-state index in [0.29, 0.717) is 5.69 Å². The average molecular weight is 269 g/mol. The van der Waals surface area contributed by atoms with Crippen LogP contribution < -0.4 is 5.32 Å². The zero-order valence-electron chi connectivity index (χ0n) is 9.76. The van der Waals surface area contributed by atoms with Crippen LogP contribution >= 0.6 is 11.8 Å². The van der Waals surface area contributed by atoms with Gasteiger partial charge in [-0.25, -0.2) is 9.78 Å². The first-order valence-electron chi connectivity index (χ1n) is 5.75. The fourth-order valence-electron chi connectivity index (χ4n) is 1.85. The summed E-state index contributed by atoms with van der Waals surface area (Å²) in [5.74, 6) is 0.507. The molecule has 0 saturated carbocycles. The van der Waals surface area contributed by atoms with E-state index in [0.717, 1.165) is 17.9 Å². The molecule has 3 N–H and O–H groups in total. The summed E-state index contributed by atoms with van der Waals surface area (Å²) in [6.45, 7) is 0. The fraction of sp³-hybridized carbons (Fsp3) is 0.545. The average Bonchev–Trinajstić information content (AvgIpc) is 3.00. The summed E-state index contributed by atoms with van der Waals surface area (Å²) < 4.78 is 0. The highest BCUT2D eigenvalue weighted by Crippen LogP contribution is 2.23. The van der Waals surface area contributed by atoms with E-state index in [1.165, 1.54) is 6.33 Å². The van der Waals surface area contributed by atoms with Gasteiger partial charge in [0.05, 0.1) is 6.33 Å². The van der Waals surface area contributed by atoms with Crippen LogP contribution in [0.1, 0.15) is 12.1 Å². The monoisotopic (exact) mass is 269 g/mol. The van der Waals surface area contributed by atoms with Crippen LogP contribution in [0, 0.1) is 5.92 Å². The van der Waals surface area contributed by atoms with Gasteiger partial charge in [0.25, 0.3) is 0 Å². The number of aromatic nitrogens is 2. The van der Waals surface area contributed by atoms with Crippen LogP contribution in [-0.2, 0) is 16.0 Å². The van der Waals surface area contributed by atoms with Crippen molar-refractivity contribution in [3.63, 3.8) is 0 Å². The van der Waals surface area contributed by atoms with Gasteiger partial charge in [0.15, 0.2) is 0 Å². The second kappa shape index (κ2) is 5.90. The smallest absolute Gasteiger partial charge is 0.326 e. The van der Waals surface area contributed by atoms with Gasteiger partial charge in [0.1, 0.15) is 6.04 Å². The highest BCUT2D eigenvalue weighted by Gasteiger charge is 2.28. The molecule has 2 rings (SSSR count). The zero-order chi connectivity index (χ0) is 13.0. The second-order valence-corrected chi connectivity index (χ2v) is 5.39. The molecule has 1 saturated heterocycles. The topological polar surface area (TPSA) is 95.1 Å². The molecular formula is C11H15N3O3S. The van der Waals surface area contributed by atoms with E-state index < -0.39 is 12.0 Å². The normalized spacial score (nSPS) is 20.6. The van der Waals surface area contributed by atoms with Gasteiger partial charge in [-0.15, -0.1) is 0 Å². The maximum absolute atomic E-state index is 11.9. The Morgan fingerprint density at radius 2 is 2.50 bits per heavy atom. The Bertz CT molecular complexity index is 415. The Kier molecular flexibility index (Phi) is 4.24. The predicted molar refractivity (Wildman–Crippen MR) is 67.3 cm³/mol. The molecule has 0 radical (unpaired) electrons. The first kappa shape index (κ1) is 12.9. The third kappa shape index (κ3) is 3.25. The lowest BCUT2D eigenvalue weighted by Gasteiger charge is -2.16. The van der Waals surface area contributed by atoms with Crippen molar-refractivity contribution < 1.29 is 14.7 Å². The lowest BCUT2D eigenvalue weighted by atomic mass is 10.1. The molecule has 0 bridgehead atoms. The number of carboxylic acid groups (broad SMARTS) is 1. The third-order valence-electron chi connectivity index (χ3n) is 2.89. The quantitative estimate of drug-likeness (QED) is 0.713. The van der Waals surface area contributed by atoms with E-state index in [4.69, 9.17) is 5.11 Å². The van der Waals surface area contributed by atoms with Gasteiger partial charge in [0, 0.05) is 30.0 Å². The zero-order valence-corrected chi connectivity index (χ0v) is 10.6. The number of amides is 1. The van der Waals surface area contributed by atoms with Crippen molar-refractivity contribution in [2.24, 2.45) is 5.92 Å². The number of carbonyl (C=O) groups excluding carboxylic acids is 1. The number of aromatic amines is 1. The van der Waals surface area contributed by atoms with E-state index >= 15 is 0 Å². The summed E-state index contributed by atoms with van der Waals surface area (Å²) in [5, 5.41) is 11.7. The molecule has 6 nitrogen and oxygen atoms in total. The predicted octanol–water partition coefficient (Wildman–Crippen LogP) is 0.275. The molecule has 1 amide bonds. The number of aliphatic carboxylic acids is 1. The van der Waals surface area contributed by atoms with Crippen LogP contribution in [0.15, 0.2) is 12.5 Å². The molecule has 1 aliphatic rings. The minimum Gasteiger partial charge on any atom is -0.480 e. The fourth-order valence-corrected chi connectivity index (χ4v) is 3.07. The largest absolute Gasteiger partial charge is 0.480 e. The number of nitrogens with zero attached hydrogens (tertiary/aromatic N) is 1. The van der Waals surface area contributed by atoms with Gasteiger partial charge < -0.3 is 15.4 Å². The lowest BCUT2D eigenvalue weighted by molar-refractivity contribution is -0.142. The van der Waals surface area contributed by atoms with E-state index in [9.17, 15) is 9.59 Å². The Morgan fingerprint density at radius 1 is 1.67 bits per heavy atom. The number of H-pyrrole nitrogens is 1. The molecule has 1 aliphatic heterocycles. The lowest BCUT2D eigenvalue weighted by Crippen LogP contribution is -2.45. The highest BCUT2D eigenvalue weighted by molar-refractivity contribution is 7.99. The van der Waals surface area contributed by atoms with Crippen molar-refractivity contribution in [1.29, 1.82) is 0 Å². The molecule has 7 heteroatoms. The van der Waals surface area contributed by atoms with Crippen LogP contribution in [0.3, 0.4) is 0 Å². The summed E-state index contributed by atoms with van der Waals surface area (Å²) in [4.78, 5) is 29.7. The molecule has 0 spiro atoms. The van der Waals surface area contributed by atoms with Gasteiger partial charge in [-0.1, -0.05) is 0 Å². The second-order valence-electron chi connectivity index (χ2n) is 4.24. The molecule has 1 fully saturated rings. The number of carboxylic acids is 1. The summed E-state index contributed by atoms with van der Waals surface area (Å²) in [6.07, 6.45) is 4.10. The Balaban J connectivity index is 1.93. The molecule has 1 unspecified atom stereocenters. The SMILES string of the molecule is O=C(N[C@H](Cc1cnc[nH]1)C(=O)O)C1CCSC1. The van der Waals surface area contributed by atoms with Crippen LogP contribution in [-0.4, -0.2) is 44.5 Å². The van der Waals surface area contributed by atoms with E-state index in [1.54, 1.807) is 18.0 Å². The standard InChI is InChI=1S/C11H15N3O3S/c15-10(7-1-2-18-5-7)14-9(11(16)17)3-8-4-12-6-13-8/h4,6-7,9H,1-3,5H2,(H,12,13)(H,14,15)(H,16,17)/t7?,9-/m1/s1. The molecule has 2 atom stereocenters. The maximum atomic E-state index is 11.9. The van der Waals surface area contributed by atoms with Crippen LogP contribution in [0.4, 0.5) is 0 Å². The van der Waals surface area contributed by atoms with Crippen molar-refractivity contribution >= 4 is 23.6 Å². The van der Waals surface area contributed by atoms with Gasteiger partial charge >= 0.3 is 5.97 Å². The first-order chi connectivity index (χ1) is 8.66. The molecule has 0 aromatic carbocycles. The van der Waals surface area contributed by atoms with Crippen molar-refractivity contribution in [1.82, 2.24) is 15.3 Å². The van der Waals surface area contributed by atoms with E-state index in [1.807, 2.05) is 0 Å². The number of hydrogen-bond acceptors (Lipinski definition) is 4. The summed E-state index contributed by atoms with van der Waals surface area (Å²) >= 11 is 1.73. The summed E-state index contributed by atoms with van der Waals surface area (Å²) in [5.41, 5.74) is 0.698. The number of nitrogens with one attached hydrogen (secondary N) is 2. The summed E-state index contributed by atoms with van der Waals surface area (Å²) in [6, 6.07) is -0.899. The molecule has 98 valence electrons. The number of imidazole rings is 1. The highest BCUT2D eigenvalue weighted by atomic mass is 32.2. The van der Waals surface area contributed by atoms with E-state index in [2.05, 4.69) is 15.3 Å². The molecule has 0 aliphatic carbocycles.